The molecule has 410 valence electrons. The van der Waals surface area contributed by atoms with Crippen LogP contribution in [0.1, 0.15) is 36.8 Å². The van der Waals surface area contributed by atoms with Gasteiger partial charge in [-0.3, -0.25) is 0 Å². The SMILES string of the molecule is FC(F)(F)C12CC3(C(F)(F)F)OC(C(F)(F)F)(CC(C(F)(F)F)(O1)C3(CP)c1cc(-c3ccccc3)c(-c3ccccc3)cc1C1(CP)C3(C(F)(F)F)CC4(C(F)(F)F)OC(C(F)(F)F)(CC1(C(F)(F)F)O4)O3)O2. The highest BCUT2D eigenvalue weighted by atomic mass is 31.0. The molecule has 6 nitrogen and oxygen atoms in total. The van der Waals surface area contributed by atoms with Crippen LogP contribution in [-0.4, -0.2) is 107 Å². The Labute approximate surface area is 402 Å². The summed E-state index contributed by atoms with van der Waals surface area (Å²) in [6, 6.07) is 10.2. The summed E-state index contributed by atoms with van der Waals surface area (Å²) in [5, 5.41) is 0. The highest BCUT2D eigenvalue weighted by molar-refractivity contribution is 7.16. The van der Waals surface area contributed by atoms with E-state index in [9.17, 15) is 0 Å². The van der Waals surface area contributed by atoms with Crippen LogP contribution in [0.15, 0.2) is 72.8 Å². The van der Waals surface area contributed by atoms with Gasteiger partial charge in [-0.15, -0.1) is 18.5 Å². The molecule has 32 heteroatoms. The predicted octanol–water partition coefficient (Wildman–Crippen LogP) is 13.2. The van der Waals surface area contributed by atoms with Gasteiger partial charge in [0.1, 0.15) is 0 Å². The van der Waals surface area contributed by atoms with Gasteiger partial charge < -0.3 is 28.4 Å². The van der Waals surface area contributed by atoms with Crippen molar-refractivity contribution in [3.8, 4) is 22.3 Å². The largest absolute Gasteiger partial charge is 0.443 e. The lowest BCUT2D eigenvalue weighted by Gasteiger charge is -2.77. The van der Waals surface area contributed by atoms with Crippen molar-refractivity contribution in [2.24, 2.45) is 0 Å². The van der Waals surface area contributed by atoms with Gasteiger partial charge in [-0.1, -0.05) is 60.7 Å². The normalized spacial score (nSPS) is 38.5. The Balaban J connectivity index is 1.60. The Morgan fingerprint density at radius 1 is 0.324 bits per heavy atom. The maximum Gasteiger partial charge on any atom is 0.443 e. The molecule has 8 aliphatic rings. The molecule has 11 rings (SSSR count). The van der Waals surface area contributed by atoms with Gasteiger partial charge in [0.15, 0.2) is 22.4 Å². The molecule has 8 fully saturated rings. The molecule has 10 atom stereocenters. The number of hydrogen-bond donors (Lipinski definition) is 0. The maximum absolute atomic E-state index is 16.7. The molecule has 0 N–H and O–H groups in total. The molecule has 0 amide bonds. The standard InChI is InChI=1S/C42H28F24O6P2/c43-35(44,45)27-13-31(39(55,56)57)68-28(36(46,47)48,14-32(67-27,71-31)40(58,59)60)25(27,17-73)23-11-21(19-7-3-1-4-8-19)22(20-9-5-2-6-10-20)12-24(23)26(18-74)29(37(49,50)51)15-33(41(61,62)63)70-30(26,38(52,53)54)16-34(69-29,72-33)42(64,65)66/h1-12H,13-18,73-74H2. The summed E-state index contributed by atoms with van der Waals surface area (Å²) in [4.78, 5) is 0. The van der Waals surface area contributed by atoms with E-state index >= 15 is 105 Å². The average molecular weight is 1150 g/mol. The summed E-state index contributed by atoms with van der Waals surface area (Å²) in [6.07, 6.45) is -75.2. The summed E-state index contributed by atoms with van der Waals surface area (Å²) in [5.74, 6) is -23.0. The Morgan fingerprint density at radius 2 is 0.541 bits per heavy atom. The van der Waals surface area contributed by atoms with E-state index in [1.54, 1.807) is 0 Å². The maximum atomic E-state index is 16.7. The Morgan fingerprint density at radius 3 is 0.716 bits per heavy atom. The molecule has 0 aromatic heterocycles. The van der Waals surface area contributed by atoms with Gasteiger partial charge in [0.25, 0.3) is 23.1 Å². The minimum atomic E-state index is -7.20. The highest BCUT2D eigenvalue weighted by Crippen LogP contribution is 2.82. The third kappa shape index (κ3) is 6.33. The average Bonchev–Trinajstić information content (AvgIpc) is 3.24. The second-order valence-electron chi connectivity index (χ2n) is 18.5. The fourth-order valence-corrected chi connectivity index (χ4v) is 14.1. The molecule has 0 aliphatic carbocycles. The quantitative estimate of drug-likeness (QED) is 0.181. The molecular weight excluding hydrogens is 1120 g/mol. The van der Waals surface area contributed by atoms with Crippen LogP contribution < -0.4 is 0 Å². The minimum Gasteiger partial charge on any atom is -0.325 e. The van der Waals surface area contributed by atoms with Crippen LogP contribution in [0.25, 0.3) is 22.3 Å². The molecule has 3 aromatic carbocycles. The summed E-state index contributed by atoms with van der Waals surface area (Å²) in [5.41, 5.74) is -42.2. The number of halogens is 24. The number of rotatable bonds is 6. The van der Waals surface area contributed by atoms with Crippen molar-refractivity contribution in [2.75, 3.05) is 12.3 Å². The van der Waals surface area contributed by atoms with Gasteiger partial charge in [-0.25, -0.2) is 0 Å². The van der Waals surface area contributed by atoms with Crippen molar-refractivity contribution < 1.29 is 134 Å². The van der Waals surface area contributed by atoms with Crippen LogP contribution in [0.4, 0.5) is 105 Å². The molecule has 10 unspecified atom stereocenters. The number of benzene rings is 3. The van der Waals surface area contributed by atoms with Crippen LogP contribution in [0.2, 0.25) is 0 Å². The monoisotopic (exact) mass is 1150 g/mol. The van der Waals surface area contributed by atoms with Crippen LogP contribution in [0.5, 0.6) is 0 Å². The first kappa shape index (κ1) is 55.4. The molecule has 8 bridgehead atoms. The second-order valence-corrected chi connectivity index (χ2v) is 19.3. The summed E-state index contributed by atoms with van der Waals surface area (Å²) < 4.78 is 411. The van der Waals surface area contributed by atoms with E-state index in [4.69, 9.17) is 0 Å². The van der Waals surface area contributed by atoms with E-state index < -0.39 is 177 Å². The van der Waals surface area contributed by atoms with Crippen molar-refractivity contribution in [1.29, 1.82) is 0 Å². The Bertz CT molecular complexity index is 2410. The van der Waals surface area contributed by atoms with Gasteiger partial charge >= 0.3 is 49.4 Å². The van der Waals surface area contributed by atoms with Gasteiger partial charge in [0.2, 0.25) is 0 Å². The van der Waals surface area contributed by atoms with Crippen LogP contribution in [0.3, 0.4) is 0 Å². The lowest BCUT2D eigenvalue weighted by molar-refractivity contribution is -0.643. The molecule has 8 heterocycles. The van der Waals surface area contributed by atoms with Crippen LogP contribution in [0, 0.1) is 0 Å². The van der Waals surface area contributed by atoms with E-state index in [0.717, 1.165) is 67.0 Å². The van der Waals surface area contributed by atoms with Crippen molar-refractivity contribution in [3.05, 3.63) is 83.9 Å². The van der Waals surface area contributed by atoms with Crippen molar-refractivity contribution >= 4 is 18.5 Å². The zero-order chi connectivity index (χ0) is 55.4. The van der Waals surface area contributed by atoms with E-state index in [1.807, 2.05) is 0 Å². The van der Waals surface area contributed by atoms with Gasteiger partial charge in [-0.2, -0.15) is 105 Å². The van der Waals surface area contributed by atoms with Crippen molar-refractivity contribution in [2.45, 2.75) is 131 Å². The molecule has 3 aromatic rings. The summed E-state index contributed by atoms with van der Waals surface area (Å²) in [7, 11) is 2.20. The first-order valence-electron chi connectivity index (χ1n) is 20.8. The number of alkyl halides is 24. The van der Waals surface area contributed by atoms with Crippen LogP contribution in [-0.2, 0) is 39.3 Å². The topological polar surface area (TPSA) is 55.4 Å². The predicted molar refractivity (Wildman–Crippen MR) is 205 cm³/mol. The zero-order valence-electron chi connectivity index (χ0n) is 35.8. The fraction of sp³-hybridized carbons (Fsp3) is 0.571. The Hall–Kier alpha value is -3.40. The number of hydrogen-bond acceptors (Lipinski definition) is 6. The van der Waals surface area contributed by atoms with E-state index in [0.29, 0.717) is 0 Å². The molecule has 8 saturated heterocycles. The zero-order valence-corrected chi connectivity index (χ0v) is 38.2. The van der Waals surface area contributed by atoms with Gasteiger partial charge in [0.05, 0.1) is 36.5 Å². The van der Waals surface area contributed by atoms with Gasteiger partial charge in [0, 0.05) is 0 Å². The lowest BCUT2D eigenvalue weighted by Crippen LogP contribution is -2.95. The smallest absolute Gasteiger partial charge is 0.325 e. The molecule has 8 aliphatic heterocycles. The fourth-order valence-electron chi connectivity index (χ4n) is 12.3. The third-order valence-electron chi connectivity index (χ3n) is 15.1. The molecule has 0 saturated carbocycles. The summed E-state index contributed by atoms with van der Waals surface area (Å²) >= 11 is 0. The molecule has 74 heavy (non-hydrogen) atoms. The summed E-state index contributed by atoms with van der Waals surface area (Å²) in [6.45, 7) is 0. The molecule has 0 radical (unpaired) electrons. The van der Waals surface area contributed by atoms with E-state index in [-0.39, 0.29) is 12.1 Å². The van der Waals surface area contributed by atoms with Crippen molar-refractivity contribution in [1.82, 2.24) is 0 Å². The van der Waals surface area contributed by atoms with Gasteiger partial charge in [-0.05, 0) is 57.8 Å². The highest BCUT2D eigenvalue weighted by Gasteiger charge is 3.01. The number of ether oxygens (including phenoxy) is 6. The first-order valence-corrected chi connectivity index (χ1v) is 22.4. The lowest BCUT2D eigenvalue weighted by atomic mass is 9.44. The van der Waals surface area contributed by atoms with Crippen LogP contribution >= 0.6 is 18.5 Å². The van der Waals surface area contributed by atoms with Crippen molar-refractivity contribution in [3.63, 3.8) is 0 Å². The van der Waals surface area contributed by atoms with E-state index in [2.05, 4.69) is 28.4 Å². The Kier molecular flexibility index (Phi) is 11.4. The third-order valence-corrected chi connectivity index (χ3v) is 16.3. The molecular formula is C42H28F24O6P2. The first-order chi connectivity index (χ1) is 33.4. The van der Waals surface area contributed by atoms with E-state index in [1.165, 1.54) is 12.1 Å². The second kappa shape index (κ2) is 15.2. The minimum absolute atomic E-state index is 0.0920. The molecule has 0 spiro atoms.